The van der Waals surface area contributed by atoms with Crippen LogP contribution in [0.1, 0.15) is 10.5 Å². The number of fused-ring (bicyclic) bond motifs is 1. The zero-order chi connectivity index (χ0) is 16.4. The molecule has 7 heteroatoms. The third-order valence-electron chi connectivity index (χ3n) is 3.32. The van der Waals surface area contributed by atoms with E-state index in [1.165, 1.54) is 31.4 Å². The summed E-state index contributed by atoms with van der Waals surface area (Å²) in [4.78, 5) is 22.5. The van der Waals surface area contributed by atoms with Crippen LogP contribution in [-0.4, -0.2) is 22.4 Å². The van der Waals surface area contributed by atoms with Crippen molar-refractivity contribution >= 4 is 17.2 Å². The SMILES string of the molecule is COc1cc2ccccn2c1C(=O)Oc1ccc([N+](=O)[O-])cc1. The number of ether oxygens (including phenoxy) is 2. The summed E-state index contributed by atoms with van der Waals surface area (Å²) in [6, 6.07) is 12.5. The molecule has 0 aliphatic rings. The molecular weight excluding hydrogens is 300 g/mol. The number of hydrogen-bond acceptors (Lipinski definition) is 5. The van der Waals surface area contributed by atoms with E-state index in [1.807, 2.05) is 12.1 Å². The average Bonchev–Trinajstić information content (AvgIpc) is 2.94. The standard InChI is InChI=1S/C16H12N2O5/c1-22-14-10-12-4-2-3-9-17(12)15(14)16(19)23-13-7-5-11(6-8-13)18(20)21/h2-10H,1H3. The molecule has 0 bridgehead atoms. The maximum Gasteiger partial charge on any atom is 0.364 e. The number of benzene rings is 1. The number of nitro groups is 1. The van der Waals surface area contributed by atoms with E-state index in [0.29, 0.717) is 5.75 Å². The molecule has 0 N–H and O–H groups in total. The molecule has 0 atom stereocenters. The molecule has 2 heterocycles. The molecule has 0 aliphatic carbocycles. The summed E-state index contributed by atoms with van der Waals surface area (Å²) in [5.41, 5.74) is 0.969. The van der Waals surface area contributed by atoms with Gasteiger partial charge in [0.05, 0.1) is 12.0 Å². The van der Waals surface area contributed by atoms with E-state index in [0.717, 1.165) is 5.52 Å². The van der Waals surface area contributed by atoms with Crippen molar-refractivity contribution in [1.29, 1.82) is 0 Å². The van der Waals surface area contributed by atoms with Crippen LogP contribution in [0.3, 0.4) is 0 Å². The normalized spacial score (nSPS) is 10.5. The van der Waals surface area contributed by atoms with Gasteiger partial charge >= 0.3 is 5.97 Å². The molecule has 23 heavy (non-hydrogen) atoms. The summed E-state index contributed by atoms with van der Waals surface area (Å²) in [5.74, 6) is -0.00134. The van der Waals surface area contributed by atoms with Crippen molar-refractivity contribution in [2.24, 2.45) is 0 Å². The summed E-state index contributed by atoms with van der Waals surface area (Å²) in [6.45, 7) is 0. The number of esters is 1. The summed E-state index contributed by atoms with van der Waals surface area (Å²) in [6.07, 6.45) is 1.73. The van der Waals surface area contributed by atoms with Crippen LogP contribution >= 0.6 is 0 Å². The van der Waals surface area contributed by atoms with E-state index in [-0.39, 0.29) is 17.1 Å². The van der Waals surface area contributed by atoms with Gasteiger partial charge in [0.2, 0.25) is 0 Å². The quantitative estimate of drug-likeness (QED) is 0.320. The number of carbonyl (C=O) groups is 1. The molecule has 0 saturated heterocycles. The first kappa shape index (κ1) is 14.6. The third-order valence-corrected chi connectivity index (χ3v) is 3.32. The third kappa shape index (κ3) is 2.71. The number of rotatable bonds is 4. The highest BCUT2D eigenvalue weighted by molar-refractivity contribution is 5.94. The van der Waals surface area contributed by atoms with Crippen molar-refractivity contribution in [2.45, 2.75) is 0 Å². The van der Waals surface area contributed by atoms with E-state index in [2.05, 4.69) is 0 Å². The number of methoxy groups -OCH3 is 1. The lowest BCUT2D eigenvalue weighted by atomic mass is 10.3. The Labute approximate surface area is 130 Å². The van der Waals surface area contributed by atoms with Gasteiger partial charge in [-0.3, -0.25) is 10.1 Å². The fourth-order valence-electron chi connectivity index (χ4n) is 2.24. The van der Waals surface area contributed by atoms with E-state index >= 15 is 0 Å². The predicted octanol–water partition coefficient (Wildman–Crippen LogP) is 3.08. The lowest BCUT2D eigenvalue weighted by Gasteiger charge is -2.06. The fourth-order valence-corrected chi connectivity index (χ4v) is 2.24. The summed E-state index contributed by atoms with van der Waals surface area (Å²) >= 11 is 0. The van der Waals surface area contributed by atoms with Gasteiger partial charge in [-0.05, 0) is 24.3 Å². The zero-order valence-electron chi connectivity index (χ0n) is 12.1. The minimum Gasteiger partial charge on any atom is -0.494 e. The van der Waals surface area contributed by atoms with Gasteiger partial charge in [-0.2, -0.15) is 0 Å². The highest BCUT2D eigenvalue weighted by Gasteiger charge is 2.20. The molecule has 0 radical (unpaired) electrons. The monoisotopic (exact) mass is 312 g/mol. The Balaban J connectivity index is 1.93. The molecule has 0 spiro atoms. The van der Waals surface area contributed by atoms with Crippen LogP contribution in [0.25, 0.3) is 5.52 Å². The van der Waals surface area contributed by atoms with Crippen molar-refractivity contribution in [1.82, 2.24) is 4.40 Å². The number of carbonyl (C=O) groups excluding carboxylic acids is 1. The van der Waals surface area contributed by atoms with Gasteiger partial charge in [0, 0.05) is 29.9 Å². The highest BCUT2D eigenvalue weighted by Crippen LogP contribution is 2.26. The van der Waals surface area contributed by atoms with Crippen LogP contribution in [-0.2, 0) is 0 Å². The summed E-state index contributed by atoms with van der Waals surface area (Å²) in [7, 11) is 1.47. The maximum absolute atomic E-state index is 12.4. The molecule has 2 aromatic heterocycles. The fraction of sp³-hybridized carbons (Fsp3) is 0.0625. The highest BCUT2D eigenvalue weighted by atomic mass is 16.6. The molecule has 0 fully saturated rings. The number of aromatic nitrogens is 1. The van der Waals surface area contributed by atoms with Gasteiger partial charge in [0.1, 0.15) is 5.75 Å². The Morgan fingerprint density at radius 3 is 2.57 bits per heavy atom. The Hall–Kier alpha value is -3.35. The van der Waals surface area contributed by atoms with Crippen LogP contribution in [0.4, 0.5) is 5.69 Å². The van der Waals surface area contributed by atoms with Gasteiger partial charge in [0.25, 0.3) is 5.69 Å². The molecule has 116 valence electrons. The summed E-state index contributed by atoms with van der Waals surface area (Å²) in [5, 5.41) is 10.6. The topological polar surface area (TPSA) is 83.1 Å². The number of hydrogen-bond donors (Lipinski definition) is 0. The second-order valence-corrected chi connectivity index (χ2v) is 4.70. The Bertz CT molecular complexity index is 883. The first-order valence-electron chi connectivity index (χ1n) is 6.71. The van der Waals surface area contributed by atoms with Crippen molar-refractivity contribution in [3.8, 4) is 11.5 Å². The molecule has 3 aromatic rings. The molecule has 0 unspecified atom stereocenters. The van der Waals surface area contributed by atoms with Crippen LogP contribution in [0, 0.1) is 10.1 Å². The first-order chi connectivity index (χ1) is 11.1. The van der Waals surface area contributed by atoms with Gasteiger partial charge < -0.3 is 13.9 Å². The predicted molar refractivity (Wildman–Crippen MR) is 82.0 cm³/mol. The van der Waals surface area contributed by atoms with Gasteiger partial charge in [-0.15, -0.1) is 0 Å². The lowest BCUT2D eigenvalue weighted by molar-refractivity contribution is -0.384. The van der Waals surface area contributed by atoms with Crippen LogP contribution < -0.4 is 9.47 Å². The smallest absolute Gasteiger partial charge is 0.364 e. The van der Waals surface area contributed by atoms with Crippen molar-refractivity contribution in [2.75, 3.05) is 7.11 Å². The minimum absolute atomic E-state index is 0.0736. The van der Waals surface area contributed by atoms with Crippen molar-refractivity contribution in [3.05, 3.63) is 70.5 Å². The maximum atomic E-state index is 12.4. The van der Waals surface area contributed by atoms with E-state index in [4.69, 9.17) is 9.47 Å². The van der Waals surface area contributed by atoms with E-state index in [9.17, 15) is 14.9 Å². The molecule has 0 aliphatic heterocycles. The largest absolute Gasteiger partial charge is 0.494 e. The second kappa shape index (κ2) is 5.80. The molecule has 0 amide bonds. The minimum atomic E-state index is -0.609. The van der Waals surface area contributed by atoms with E-state index in [1.54, 1.807) is 22.7 Å². The van der Waals surface area contributed by atoms with Crippen LogP contribution in [0.5, 0.6) is 11.5 Å². The van der Waals surface area contributed by atoms with Gasteiger partial charge in [0.15, 0.2) is 11.4 Å². The molecule has 7 nitrogen and oxygen atoms in total. The van der Waals surface area contributed by atoms with Crippen molar-refractivity contribution in [3.63, 3.8) is 0 Å². The van der Waals surface area contributed by atoms with Gasteiger partial charge in [-0.1, -0.05) is 6.07 Å². The Morgan fingerprint density at radius 1 is 1.17 bits per heavy atom. The zero-order valence-corrected chi connectivity index (χ0v) is 12.1. The Morgan fingerprint density at radius 2 is 1.91 bits per heavy atom. The first-order valence-corrected chi connectivity index (χ1v) is 6.71. The number of nitrogens with zero attached hydrogens (tertiary/aromatic N) is 2. The van der Waals surface area contributed by atoms with Crippen molar-refractivity contribution < 1.29 is 19.2 Å². The number of pyridine rings is 1. The van der Waals surface area contributed by atoms with Gasteiger partial charge in [-0.25, -0.2) is 4.79 Å². The average molecular weight is 312 g/mol. The molecule has 0 saturated carbocycles. The van der Waals surface area contributed by atoms with Crippen LogP contribution in [0.2, 0.25) is 0 Å². The molecular formula is C16H12N2O5. The lowest BCUT2D eigenvalue weighted by Crippen LogP contribution is -2.12. The molecule has 3 rings (SSSR count). The molecule has 1 aromatic carbocycles. The van der Waals surface area contributed by atoms with Crippen LogP contribution in [0.15, 0.2) is 54.7 Å². The summed E-state index contributed by atoms with van der Waals surface area (Å²) < 4.78 is 12.2. The number of nitro benzene ring substituents is 1. The number of non-ortho nitro benzene ring substituents is 1. The van der Waals surface area contributed by atoms with E-state index < -0.39 is 10.9 Å². The Kier molecular flexibility index (Phi) is 3.68. The second-order valence-electron chi connectivity index (χ2n) is 4.70.